The second-order valence-electron chi connectivity index (χ2n) is 5.96. The lowest BCUT2D eigenvalue weighted by Gasteiger charge is -2.28. The largest absolute Gasteiger partial charge is 0.388 e. The first-order valence-electron chi connectivity index (χ1n) is 7.36. The number of rotatable bonds is 5. The van der Waals surface area contributed by atoms with Crippen LogP contribution in [0.4, 0.5) is 0 Å². The average Bonchev–Trinajstić information content (AvgIpc) is 2.84. The molecular weight excluding hydrogens is 338 g/mol. The molecule has 0 bridgehead atoms. The maximum Gasteiger partial charge on any atom is 0.0816 e. The maximum absolute atomic E-state index is 10.4. The van der Waals surface area contributed by atoms with Crippen LogP contribution in [0, 0.1) is 5.92 Å². The molecule has 1 fully saturated rings. The number of likely N-dealkylation sites (tertiary alicyclic amines) is 1. The van der Waals surface area contributed by atoms with Crippen molar-refractivity contribution in [3.05, 3.63) is 33.3 Å². The predicted molar refractivity (Wildman–Crippen MR) is 88.2 cm³/mol. The fraction of sp³-hybridized carbons (Fsp3) is 0.625. The number of hydrogen-bond donors (Lipinski definition) is 1. The van der Waals surface area contributed by atoms with Crippen LogP contribution in [0.5, 0.6) is 0 Å². The summed E-state index contributed by atoms with van der Waals surface area (Å²) in [6.07, 6.45) is 2.82. The minimum absolute atomic E-state index is 0.482. The Labute approximate surface area is 135 Å². The smallest absolute Gasteiger partial charge is 0.0816 e. The summed E-state index contributed by atoms with van der Waals surface area (Å²) in [6, 6.07) is 6.34. The molecule has 4 heteroatoms. The first-order chi connectivity index (χ1) is 9.49. The Bertz CT molecular complexity index is 452. The Balaban J connectivity index is 1.93. The van der Waals surface area contributed by atoms with Gasteiger partial charge in [-0.3, -0.25) is 0 Å². The van der Waals surface area contributed by atoms with Crippen LogP contribution in [-0.2, 0) is 0 Å². The molecule has 0 aliphatic carbocycles. The van der Waals surface area contributed by atoms with E-state index in [0.717, 1.165) is 29.5 Å². The van der Waals surface area contributed by atoms with Crippen LogP contribution in [0.2, 0.25) is 5.02 Å². The first-order valence-corrected chi connectivity index (χ1v) is 8.53. The van der Waals surface area contributed by atoms with Crippen molar-refractivity contribution in [3.63, 3.8) is 0 Å². The summed E-state index contributed by atoms with van der Waals surface area (Å²) >= 11 is 9.58. The van der Waals surface area contributed by atoms with E-state index in [-0.39, 0.29) is 0 Å². The molecule has 20 heavy (non-hydrogen) atoms. The fourth-order valence-electron chi connectivity index (χ4n) is 3.10. The van der Waals surface area contributed by atoms with Crippen molar-refractivity contribution in [1.29, 1.82) is 0 Å². The van der Waals surface area contributed by atoms with Gasteiger partial charge in [-0.25, -0.2) is 0 Å². The molecule has 1 aromatic carbocycles. The van der Waals surface area contributed by atoms with Gasteiger partial charge in [0.25, 0.3) is 0 Å². The summed E-state index contributed by atoms with van der Waals surface area (Å²) in [5.74, 6) is 0.686. The Morgan fingerprint density at radius 2 is 2.20 bits per heavy atom. The molecule has 0 amide bonds. The molecule has 0 aromatic heterocycles. The molecule has 1 heterocycles. The maximum atomic E-state index is 10.4. The quantitative estimate of drug-likeness (QED) is 0.826. The standard InChI is InChI=1S/C16H23BrClNO/c1-11(2)15-4-3-8-19(15)9-7-16(20)13-6-5-12(17)10-14(13)18/h5-6,10-11,15-16,20H,3-4,7-9H2,1-2H3. The number of aliphatic hydroxyl groups is 1. The average molecular weight is 361 g/mol. The van der Waals surface area contributed by atoms with E-state index >= 15 is 0 Å². The van der Waals surface area contributed by atoms with Gasteiger partial charge >= 0.3 is 0 Å². The van der Waals surface area contributed by atoms with Gasteiger partial charge in [-0.1, -0.05) is 47.4 Å². The van der Waals surface area contributed by atoms with Crippen LogP contribution >= 0.6 is 27.5 Å². The number of aliphatic hydroxyl groups excluding tert-OH is 1. The number of benzene rings is 1. The molecule has 2 atom stereocenters. The van der Waals surface area contributed by atoms with Gasteiger partial charge in [-0.05, 0) is 49.4 Å². The first kappa shape index (κ1) is 16.3. The molecule has 2 unspecified atom stereocenters. The van der Waals surface area contributed by atoms with E-state index in [1.165, 1.54) is 12.8 Å². The Morgan fingerprint density at radius 3 is 2.85 bits per heavy atom. The van der Waals surface area contributed by atoms with Crippen molar-refractivity contribution in [2.75, 3.05) is 13.1 Å². The van der Waals surface area contributed by atoms with Gasteiger partial charge in [0, 0.05) is 22.1 Å². The Morgan fingerprint density at radius 1 is 1.45 bits per heavy atom. The van der Waals surface area contributed by atoms with Crippen LogP contribution < -0.4 is 0 Å². The van der Waals surface area contributed by atoms with Crippen LogP contribution in [0.1, 0.15) is 44.8 Å². The highest BCUT2D eigenvalue weighted by atomic mass is 79.9. The van der Waals surface area contributed by atoms with Crippen molar-refractivity contribution < 1.29 is 5.11 Å². The molecule has 1 N–H and O–H groups in total. The third-order valence-electron chi connectivity index (χ3n) is 4.20. The van der Waals surface area contributed by atoms with Crippen LogP contribution in [0.3, 0.4) is 0 Å². The number of hydrogen-bond acceptors (Lipinski definition) is 2. The van der Waals surface area contributed by atoms with Gasteiger partial charge in [0.15, 0.2) is 0 Å². The van der Waals surface area contributed by atoms with E-state index in [4.69, 9.17) is 11.6 Å². The second-order valence-corrected chi connectivity index (χ2v) is 7.28. The van der Waals surface area contributed by atoms with Crippen molar-refractivity contribution in [1.82, 2.24) is 4.90 Å². The van der Waals surface area contributed by atoms with E-state index in [1.807, 2.05) is 18.2 Å². The Kier molecular flexibility index (Phi) is 5.91. The topological polar surface area (TPSA) is 23.5 Å². The van der Waals surface area contributed by atoms with E-state index < -0.39 is 6.10 Å². The van der Waals surface area contributed by atoms with Crippen molar-refractivity contribution in [2.24, 2.45) is 5.92 Å². The van der Waals surface area contributed by atoms with E-state index in [2.05, 4.69) is 34.7 Å². The SMILES string of the molecule is CC(C)C1CCCN1CCC(O)c1ccc(Br)cc1Cl. The molecule has 0 saturated carbocycles. The predicted octanol–water partition coefficient (Wildman–Crippen LogP) is 4.65. The minimum atomic E-state index is -0.482. The van der Waals surface area contributed by atoms with Gasteiger partial charge in [0.2, 0.25) is 0 Å². The highest BCUT2D eigenvalue weighted by Gasteiger charge is 2.27. The Hall–Kier alpha value is -0.0900. The van der Waals surface area contributed by atoms with Gasteiger partial charge in [-0.2, -0.15) is 0 Å². The van der Waals surface area contributed by atoms with Crippen LogP contribution in [0.25, 0.3) is 0 Å². The number of halogens is 2. The molecule has 0 spiro atoms. The van der Waals surface area contributed by atoms with Gasteiger partial charge < -0.3 is 10.0 Å². The molecule has 0 radical (unpaired) electrons. The van der Waals surface area contributed by atoms with E-state index in [1.54, 1.807) is 0 Å². The molecule has 1 saturated heterocycles. The van der Waals surface area contributed by atoms with Crippen molar-refractivity contribution in [3.8, 4) is 0 Å². The molecule has 2 rings (SSSR count). The molecule has 1 aliphatic rings. The zero-order valence-electron chi connectivity index (χ0n) is 12.1. The van der Waals surface area contributed by atoms with E-state index in [0.29, 0.717) is 17.0 Å². The molecule has 2 nitrogen and oxygen atoms in total. The summed E-state index contributed by atoms with van der Waals surface area (Å²) in [5.41, 5.74) is 0.829. The van der Waals surface area contributed by atoms with Gasteiger partial charge in [-0.15, -0.1) is 0 Å². The molecular formula is C16H23BrClNO. The summed E-state index contributed by atoms with van der Waals surface area (Å²) in [5, 5.41) is 11.0. The lowest BCUT2D eigenvalue weighted by Crippen LogP contribution is -2.34. The number of nitrogens with zero attached hydrogens (tertiary/aromatic N) is 1. The molecule has 1 aliphatic heterocycles. The minimum Gasteiger partial charge on any atom is -0.388 e. The molecule has 112 valence electrons. The lowest BCUT2D eigenvalue weighted by molar-refractivity contribution is 0.128. The summed E-state index contributed by atoms with van der Waals surface area (Å²) in [4.78, 5) is 2.51. The van der Waals surface area contributed by atoms with Gasteiger partial charge in [0.05, 0.1) is 6.10 Å². The zero-order chi connectivity index (χ0) is 14.7. The van der Waals surface area contributed by atoms with Crippen LogP contribution in [0.15, 0.2) is 22.7 Å². The zero-order valence-corrected chi connectivity index (χ0v) is 14.5. The van der Waals surface area contributed by atoms with Crippen molar-refractivity contribution >= 4 is 27.5 Å². The summed E-state index contributed by atoms with van der Waals surface area (Å²) < 4.78 is 0.942. The van der Waals surface area contributed by atoms with Crippen molar-refractivity contribution in [2.45, 2.75) is 45.3 Å². The van der Waals surface area contributed by atoms with Gasteiger partial charge in [0.1, 0.15) is 0 Å². The second kappa shape index (κ2) is 7.26. The van der Waals surface area contributed by atoms with Crippen LogP contribution in [-0.4, -0.2) is 29.1 Å². The normalized spacial score (nSPS) is 21.6. The highest BCUT2D eigenvalue weighted by Crippen LogP contribution is 2.30. The third kappa shape index (κ3) is 3.97. The van der Waals surface area contributed by atoms with E-state index in [9.17, 15) is 5.11 Å². The fourth-order valence-corrected chi connectivity index (χ4v) is 3.90. The summed E-state index contributed by atoms with van der Waals surface area (Å²) in [6.45, 7) is 6.66. The highest BCUT2D eigenvalue weighted by molar-refractivity contribution is 9.10. The summed E-state index contributed by atoms with van der Waals surface area (Å²) in [7, 11) is 0. The third-order valence-corrected chi connectivity index (χ3v) is 5.02. The molecule has 1 aromatic rings. The monoisotopic (exact) mass is 359 g/mol. The lowest BCUT2D eigenvalue weighted by atomic mass is 10.0.